The number of ether oxygens (including phenoxy) is 1. The number of rotatable bonds is 4. The minimum absolute atomic E-state index is 0.225. The van der Waals surface area contributed by atoms with E-state index in [0.29, 0.717) is 5.69 Å². The summed E-state index contributed by atoms with van der Waals surface area (Å²) in [5.74, 6) is -0.225. The van der Waals surface area contributed by atoms with Crippen molar-refractivity contribution in [2.75, 3.05) is 23.3 Å². The van der Waals surface area contributed by atoms with Crippen LogP contribution in [0.4, 0.5) is 30.2 Å². The molecule has 1 N–H and O–H groups in total. The molecule has 1 heterocycles. The van der Waals surface area contributed by atoms with Gasteiger partial charge < -0.3 is 15.0 Å². The minimum Gasteiger partial charge on any atom is -0.406 e. The Morgan fingerprint density at radius 2 is 1.54 bits per heavy atom. The molecule has 0 spiro atoms. The van der Waals surface area contributed by atoms with Gasteiger partial charge in [-0.05, 0) is 55.7 Å². The van der Waals surface area contributed by atoms with Gasteiger partial charge in [-0.1, -0.05) is 12.1 Å². The number of nitrogens with one attached hydrogen (secondary N) is 1. The molecular weight excluding hydrogens is 317 g/mol. The molecule has 2 aromatic carbocycles. The molecule has 1 aliphatic rings. The first kappa shape index (κ1) is 16.5. The van der Waals surface area contributed by atoms with Gasteiger partial charge in [-0.15, -0.1) is 13.2 Å². The first-order valence-electron chi connectivity index (χ1n) is 7.98. The predicted octanol–water partition coefficient (Wildman–Crippen LogP) is 5.32. The lowest BCUT2D eigenvalue weighted by Gasteiger charge is -2.30. The highest BCUT2D eigenvalue weighted by atomic mass is 19.4. The normalized spacial score (nSPS) is 15.2. The third-order valence-electron chi connectivity index (χ3n) is 3.97. The molecule has 2 aromatic rings. The van der Waals surface area contributed by atoms with E-state index in [2.05, 4.69) is 21.0 Å². The zero-order chi connectivity index (χ0) is 17.0. The van der Waals surface area contributed by atoms with Gasteiger partial charge in [-0.2, -0.15) is 0 Å². The van der Waals surface area contributed by atoms with Crippen molar-refractivity contribution in [1.29, 1.82) is 0 Å². The lowest BCUT2D eigenvalue weighted by atomic mass is 10.1. The Kier molecular flexibility index (Phi) is 4.83. The van der Waals surface area contributed by atoms with Crippen LogP contribution in [0.1, 0.15) is 19.3 Å². The predicted molar refractivity (Wildman–Crippen MR) is 88.9 cm³/mol. The molecule has 0 aliphatic carbocycles. The van der Waals surface area contributed by atoms with Gasteiger partial charge in [0.05, 0.1) is 11.4 Å². The van der Waals surface area contributed by atoms with Gasteiger partial charge in [0.2, 0.25) is 0 Å². The molecule has 3 nitrogen and oxygen atoms in total. The number of nitrogens with zero attached hydrogens (tertiary/aromatic N) is 1. The van der Waals surface area contributed by atoms with Crippen molar-refractivity contribution >= 4 is 17.1 Å². The van der Waals surface area contributed by atoms with Gasteiger partial charge in [0, 0.05) is 18.8 Å². The van der Waals surface area contributed by atoms with Crippen molar-refractivity contribution in [2.24, 2.45) is 0 Å². The van der Waals surface area contributed by atoms with Gasteiger partial charge in [-0.3, -0.25) is 0 Å². The number of para-hydroxylation sites is 2. The fraction of sp³-hybridized carbons (Fsp3) is 0.333. The van der Waals surface area contributed by atoms with Gasteiger partial charge in [0.15, 0.2) is 0 Å². The van der Waals surface area contributed by atoms with Crippen LogP contribution in [0, 0.1) is 0 Å². The van der Waals surface area contributed by atoms with Gasteiger partial charge in [0.1, 0.15) is 5.75 Å². The molecule has 0 amide bonds. The average molecular weight is 336 g/mol. The van der Waals surface area contributed by atoms with Crippen molar-refractivity contribution in [2.45, 2.75) is 25.6 Å². The molecule has 1 saturated heterocycles. The maximum absolute atomic E-state index is 12.2. The zero-order valence-corrected chi connectivity index (χ0v) is 13.1. The molecule has 0 saturated carbocycles. The molecule has 24 heavy (non-hydrogen) atoms. The number of halogens is 3. The highest BCUT2D eigenvalue weighted by Gasteiger charge is 2.30. The number of benzene rings is 2. The van der Waals surface area contributed by atoms with Crippen molar-refractivity contribution in [3.8, 4) is 5.75 Å². The third-order valence-corrected chi connectivity index (χ3v) is 3.97. The van der Waals surface area contributed by atoms with Crippen LogP contribution < -0.4 is 15.0 Å². The quantitative estimate of drug-likeness (QED) is 0.818. The second kappa shape index (κ2) is 7.03. The van der Waals surface area contributed by atoms with Crippen molar-refractivity contribution in [3.63, 3.8) is 0 Å². The van der Waals surface area contributed by atoms with E-state index in [0.717, 1.165) is 24.5 Å². The Balaban J connectivity index is 1.74. The van der Waals surface area contributed by atoms with Crippen LogP contribution in [0.25, 0.3) is 0 Å². The zero-order valence-electron chi connectivity index (χ0n) is 13.1. The number of alkyl halides is 3. The lowest BCUT2D eigenvalue weighted by Crippen LogP contribution is -2.29. The minimum atomic E-state index is -4.67. The Morgan fingerprint density at radius 3 is 2.21 bits per heavy atom. The van der Waals surface area contributed by atoms with Crippen LogP contribution in [-0.2, 0) is 0 Å². The molecule has 0 bridgehead atoms. The Hall–Kier alpha value is -2.37. The van der Waals surface area contributed by atoms with Gasteiger partial charge in [0.25, 0.3) is 0 Å². The lowest BCUT2D eigenvalue weighted by molar-refractivity contribution is -0.274. The van der Waals surface area contributed by atoms with Crippen LogP contribution in [0.15, 0.2) is 48.5 Å². The van der Waals surface area contributed by atoms with Crippen LogP contribution >= 0.6 is 0 Å². The molecule has 0 aromatic heterocycles. The summed E-state index contributed by atoms with van der Waals surface area (Å²) in [6.07, 6.45) is -1.06. The van der Waals surface area contributed by atoms with Crippen molar-refractivity contribution in [3.05, 3.63) is 48.5 Å². The second-order valence-corrected chi connectivity index (χ2v) is 5.76. The maximum atomic E-state index is 12.2. The summed E-state index contributed by atoms with van der Waals surface area (Å²) in [4.78, 5) is 2.34. The van der Waals surface area contributed by atoms with E-state index in [1.807, 2.05) is 18.2 Å². The van der Waals surface area contributed by atoms with E-state index in [1.165, 1.54) is 31.4 Å². The average Bonchev–Trinajstić information content (AvgIpc) is 2.57. The molecule has 0 unspecified atom stereocenters. The molecule has 128 valence electrons. The first-order valence-corrected chi connectivity index (χ1v) is 7.98. The molecule has 0 atom stereocenters. The fourth-order valence-corrected chi connectivity index (χ4v) is 2.89. The Labute approximate surface area is 139 Å². The Morgan fingerprint density at radius 1 is 0.875 bits per heavy atom. The summed E-state index contributed by atoms with van der Waals surface area (Å²) in [6.45, 7) is 2.05. The van der Waals surface area contributed by atoms with Crippen molar-refractivity contribution < 1.29 is 17.9 Å². The summed E-state index contributed by atoms with van der Waals surface area (Å²) in [5.41, 5.74) is 2.78. The van der Waals surface area contributed by atoms with Gasteiger partial charge >= 0.3 is 6.36 Å². The SMILES string of the molecule is FC(F)(F)Oc1ccc(Nc2ccccc2N2CCCCC2)cc1. The molecule has 3 rings (SSSR count). The van der Waals surface area contributed by atoms with Crippen LogP contribution in [0.2, 0.25) is 0 Å². The monoisotopic (exact) mass is 336 g/mol. The number of anilines is 3. The summed E-state index contributed by atoms with van der Waals surface area (Å²) >= 11 is 0. The van der Waals surface area contributed by atoms with E-state index in [-0.39, 0.29) is 5.75 Å². The van der Waals surface area contributed by atoms with Crippen molar-refractivity contribution in [1.82, 2.24) is 0 Å². The fourth-order valence-electron chi connectivity index (χ4n) is 2.89. The van der Waals surface area contributed by atoms with E-state index in [9.17, 15) is 13.2 Å². The summed E-state index contributed by atoms with van der Waals surface area (Å²) in [6, 6.07) is 13.7. The highest BCUT2D eigenvalue weighted by molar-refractivity contribution is 5.75. The summed E-state index contributed by atoms with van der Waals surface area (Å²) in [7, 11) is 0. The van der Waals surface area contributed by atoms with E-state index in [1.54, 1.807) is 12.1 Å². The molecule has 0 radical (unpaired) electrons. The second-order valence-electron chi connectivity index (χ2n) is 5.76. The van der Waals surface area contributed by atoms with Crippen LogP contribution in [-0.4, -0.2) is 19.5 Å². The smallest absolute Gasteiger partial charge is 0.406 e. The van der Waals surface area contributed by atoms with E-state index < -0.39 is 6.36 Å². The summed E-state index contributed by atoms with van der Waals surface area (Å²) < 4.78 is 40.5. The van der Waals surface area contributed by atoms with Crippen LogP contribution in [0.5, 0.6) is 5.75 Å². The summed E-state index contributed by atoms with van der Waals surface area (Å²) in [5, 5.41) is 3.28. The Bertz CT molecular complexity index is 665. The molecule has 1 aliphatic heterocycles. The van der Waals surface area contributed by atoms with E-state index >= 15 is 0 Å². The third kappa shape index (κ3) is 4.34. The largest absolute Gasteiger partial charge is 0.573 e. The van der Waals surface area contributed by atoms with E-state index in [4.69, 9.17) is 0 Å². The van der Waals surface area contributed by atoms with Gasteiger partial charge in [-0.25, -0.2) is 0 Å². The molecular formula is C18H19F3N2O. The molecule has 1 fully saturated rings. The topological polar surface area (TPSA) is 24.5 Å². The number of hydrogen-bond donors (Lipinski definition) is 1. The van der Waals surface area contributed by atoms with Crippen LogP contribution in [0.3, 0.4) is 0 Å². The molecule has 6 heteroatoms. The standard InChI is InChI=1S/C18H19F3N2O/c19-18(20,21)24-15-10-8-14(9-11-15)22-16-6-2-3-7-17(16)23-12-4-1-5-13-23/h2-3,6-11,22H,1,4-5,12-13H2. The highest BCUT2D eigenvalue weighted by Crippen LogP contribution is 2.31. The number of hydrogen-bond acceptors (Lipinski definition) is 3. The first-order chi connectivity index (χ1) is 11.5. The maximum Gasteiger partial charge on any atom is 0.573 e. The number of piperidine rings is 1.